The molecule has 2 amide bonds. The zero-order valence-electron chi connectivity index (χ0n) is 14.9. The van der Waals surface area contributed by atoms with E-state index >= 15 is 0 Å². The minimum absolute atomic E-state index is 0.0468. The fraction of sp³-hybridized carbons (Fsp3) is 0.211. The summed E-state index contributed by atoms with van der Waals surface area (Å²) < 4.78 is 1.61. The molecule has 1 aliphatic heterocycles. The van der Waals surface area contributed by atoms with E-state index in [0.29, 0.717) is 23.6 Å². The summed E-state index contributed by atoms with van der Waals surface area (Å²) in [7, 11) is 1.77. The van der Waals surface area contributed by atoms with Crippen LogP contribution in [0.4, 0.5) is 11.6 Å². The molecule has 0 bridgehead atoms. The summed E-state index contributed by atoms with van der Waals surface area (Å²) in [4.78, 5) is 27.1. The predicted octanol–water partition coefficient (Wildman–Crippen LogP) is 3.93. The Morgan fingerprint density at radius 2 is 2.15 bits per heavy atom. The van der Waals surface area contributed by atoms with Gasteiger partial charge in [-0.1, -0.05) is 18.2 Å². The minimum atomic E-state index is -0.206. The Balaban J connectivity index is 1.74. The molecule has 0 unspecified atom stereocenters. The molecule has 0 fully saturated rings. The van der Waals surface area contributed by atoms with E-state index in [0.717, 1.165) is 15.3 Å². The van der Waals surface area contributed by atoms with Gasteiger partial charge in [0.1, 0.15) is 5.82 Å². The number of carbonyl (C=O) groups excluding carboxylic acids is 2. The molecular weight excluding hydrogens is 380 g/mol. The first-order chi connectivity index (χ1) is 13.1. The van der Waals surface area contributed by atoms with Crippen LogP contribution in [0.15, 0.2) is 46.7 Å². The van der Waals surface area contributed by atoms with Crippen LogP contribution in [0.5, 0.6) is 0 Å². The fourth-order valence-electron chi connectivity index (χ4n) is 3.32. The van der Waals surface area contributed by atoms with Crippen LogP contribution in [0.1, 0.15) is 33.1 Å². The number of aromatic nitrogens is 2. The van der Waals surface area contributed by atoms with Gasteiger partial charge < -0.3 is 10.6 Å². The summed E-state index contributed by atoms with van der Waals surface area (Å²) in [6.07, 6.45) is 2.28. The standard InChI is InChI=1S/C19H18N4O2S2/c1-23-18-16(12(10-15(24)20-18)14-8-5-9-27-14)17(22-23)21-19(25)11-6-3-4-7-13(11)26-2/h3-9,12H,10H2,1-2H3,(H,20,24)(H,21,22,25)/t12-/m0/s1. The summed E-state index contributed by atoms with van der Waals surface area (Å²) in [6, 6.07) is 11.5. The number of aryl methyl sites for hydroxylation is 1. The molecule has 27 heavy (non-hydrogen) atoms. The molecule has 0 radical (unpaired) electrons. The second-order valence-electron chi connectivity index (χ2n) is 6.21. The maximum absolute atomic E-state index is 12.9. The highest BCUT2D eigenvalue weighted by atomic mass is 32.2. The van der Waals surface area contributed by atoms with Crippen LogP contribution in [0, 0.1) is 0 Å². The fourth-order valence-corrected chi connectivity index (χ4v) is 4.75. The van der Waals surface area contributed by atoms with Crippen LogP contribution < -0.4 is 10.6 Å². The van der Waals surface area contributed by atoms with Crippen LogP contribution in [-0.4, -0.2) is 27.9 Å². The smallest absolute Gasteiger partial charge is 0.258 e. The van der Waals surface area contributed by atoms with Gasteiger partial charge in [0.2, 0.25) is 5.91 Å². The van der Waals surface area contributed by atoms with E-state index < -0.39 is 0 Å². The van der Waals surface area contributed by atoms with Crippen molar-refractivity contribution >= 4 is 46.5 Å². The lowest BCUT2D eigenvalue weighted by Crippen LogP contribution is -2.24. The number of hydrogen-bond donors (Lipinski definition) is 2. The van der Waals surface area contributed by atoms with Gasteiger partial charge in [-0.2, -0.15) is 5.10 Å². The molecule has 0 saturated heterocycles. The third-order valence-corrected chi connectivity index (χ3v) is 6.33. The van der Waals surface area contributed by atoms with Gasteiger partial charge >= 0.3 is 0 Å². The first-order valence-electron chi connectivity index (χ1n) is 8.43. The van der Waals surface area contributed by atoms with Crippen molar-refractivity contribution < 1.29 is 9.59 Å². The number of nitrogens with one attached hydrogen (secondary N) is 2. The molecule has 1 aromatic carbocycles. The zero-order valence-corrected chi connectivity index (χ0v) is 16.5. The summed E-state index contributed by atoms with van der Waals surface area (Å²) >= 11 is 3.13. The largest absolute Gasteiger partial charge is 0.311 e. The van der Waals surface area contributed by atoms with Crippen LogP contribution >= 0.6 is 23.1 Å². The number of amides is 2. The van der Waals surface area contributed by atoms with E-state index in [1.54, 1.807) is 29.1 Å². The number of hydrogen-bond acceptors (Lipinski definition) is 5. The minimum Gasteiger partial charge on any atom is -0.311 e. The summed E-state index contributed by atoms with van der Waals surface area (Å²) in [5.41, 5.74) is 1.46. The van der Waals surface area contributed by atoms with Crippen molar-refractivity contribution in [2.45, 2.75) is 17.2 Å². The second kappa shape index (κ2) is 7.21. The van der Waals surface area contributed by atoms with Gasteiger partial charge in [-0.3, -0.25) is 14.3 Å². The molecule has 0 aliphatic carbocycles. The Morgan fingerprint density at radius 3 is 2.89 bits per heavy atom. The highest BCUT2D eigenvalue weighted by Crippen LogP contribution is 2.42. The monoisotopic (exact) mass is 398 g/mol. The molecule has 138 valence electrons. The van der Waals surface area contributed by atoms with E-state index in [-0.39, 0.29) is 17.7 Å². The maximum Gasteiger partial charge on any atom is 0.258 e. The van der Waals surface area contributed by atoms with Gasteiger partial charge in [0.15, 0.2) is 5.82 Å². The number of benzene rings is 1. The molecule has 2 N–H and O–H groups in total. The third-order valence-electron chi connectivity index (χ3n) is 4.55. The van der Waals surface area contributed by atoms with Crippen LogP contribution in [0.25, 0.3) is 0 Å². The van der Waals surface area contributed by atoms with Crippen molar-refractivity contribution in [1.29, 1.82) is 0 Å². The topological polar surface area (TPSA) is 76.0 Å². The van der Waals surface area contributed by atoms with Crippen molar-refractivity contribution in [2.24, 2.45) is 7.05 Å². The van der Waals surface area contributed by atoms with Crippen molar-refractivity contribution in [3.8, 4) is 0 Å². The molecule has 3 heterocycles. The van der Waals surface area contributed by atoms with Gasteiger partial charge in [-0.05, 0) is 29.8 Å². The number of carbonyl (C=O) groups is 2. The van der Waals surface area contributed by atoms with Crippen molar-refractivity contribution in [2.75, 3.05) is 16.9 Å². The van der Waals surface area contributed by atoms with Crippen molar-refractivity contribution in [1.82, 2.24) is 9.78 Å². The van der Waals surface area contributed by atoms with Crippen molar-refractivity contribution in [3.63, 3.8) is 0 Å². The highest BCUT2D eigenvalue weighted by Gasteiger charge is 2.34. The Labute approximate surface area is 165 Å². The number of anilines is 2. The number of fused-ring (bicyclic) bond motifs is 1. The van der Waals surface area contributed by atoms with Gasteiger partial charge in [-0.15, -0.1) is 23.1 Å². The molecule has 2 aromatic heterocycles. The van der Waals surface area contributed by atoms with Crippen molar-refractivity contribution in [3.05, 3.63) is 57.8 Å². The molecule has 0 saturated carbocycles. The predicted molar refractivity (Wildman–Crippen MR) is 109 cm³/mol. The SMILES string of the molecule is CSc1ccccc1C(=O)Nc1nn(C)c2c1[C@H](c1cccs1)CC(=O)N2. The Kier molecular flexibility index (Phi) is 4.75. The highest BCUT2D eigenvalue weighted by molar-refractivity contribution is 7.98. The van der Waals surface area contributed by atoms with Gasteiger partial charge in [0.05, 0.1) is 5.56 Å². The molecule has 8 heteroatoms. The number of nitrogens with zero attached hydrogens (tertiary/aromatic N) is 2. The Morgan fingerprint density at radius 1 is 1.33 bits per heavy atom. The summed E-state index contributed by atoms with van der Waals surface area (Å²) in [6.45, 7) is 0. The van der Waals surface area contributed by atoms with E-state index in [1.165, 1.54) is 11.8 Å². The van der Waals surface area contributed by atoms with Gasteiger partial charge in [-0.25, -0.2) is 0 Å². The summed E-state index contributed by atoms with van der Waals surface area (Å²) in [5, 5.41) is 12.3. The lowest BCUT2D eigenvalue weighted by molar-refractivity contribution is -0.116. The normalized spacial score (nSPS) is 15.9. The molecule has 1 atom stereocenters. The maximum atomic E-state index is 12.9. The average Bonchev–Trinajstić information content (AvgIpc) is 3.30. The molecule has 0 spiro atoms. The second-order valence-corrected chi connectivity index (χ2v) is 8.04. The Bertz CT molecular complexity index is 1010. The lowest BCUT2D eigenvalue weighted by atomic mass is 9.92. The number of rotatable bonds is 4. The van der Waals surface area contributed by atoms with Crippen LogP contribution in [-0.2, 0) is 11.8 Å². The van der Waals surface area contributed by atoms with Crippen LogP contribution in [0.3, 0.4) is 0 Å². The molecule has 6 nitrogen and oxygen atoms in total. The lowest BCUT2D eigenvalue weighted by Gasteiger charge is -2.23. The first kappa shape index (κ1) is 17.8. The summed E-state index contributed by atoms with van der Waals surface area (Å²) in [5.74, 6) is 0.760. The molecular formula is C19H18N4O2S2. The van der Waals surface area contributed by atoms with E-state index in [1.807, 2.05) is 42.0 Å². The molecule has 4 rings (SSSR count). The quantitative estimate of drug-likeness (QED) is 0.653. The zero-order chi connectivity index (χ0) is 19.0. The van der Waals surface area contributed by atoms with Crippen LogP contribution in [0.2, 0.25) is 0 Å². The van der Waals surface area contributed by atoms with Gasteiger partial charge in [0, 0.05) is 34.7 Å². The first-order valence-corrected chi connectivity index (χ1v) is 10.5. The van der Waals surface area contributed by atoms with E-state index in [9.17, 15) is 9.59 Å². The molecule has 1 aliphatic rings. The third kappa shape index (κ3) is 3.26. The van der Waals surface area contributed by atoms with E-state index in [4.69, 9.17) is 0 Å². The number of thioether (sulfide) groups is 1. The Hall–Kier alpha value is -2.58. The average molecular weight is 399 g/mol. The number of thiophene rings is 1. The van der Waals surface area contributed by atoms with Gasteiger partial charge in [0.25, 0.3) is 5.91 Å². The van der Waals surface area contributed by atoms with E-state index in [2.05, 4.69) is 15.7 Å². The molecule has 3 aromatic rings.